The summed E-state index contributed by atoms with van der Waals surface area (Å²) in [7, 11) is 0. The third-order valence-electron chi connectivity index (χ3n) is 0.825. The Kier molecular flexibility index (Phi) is 7.97. The molecule has 0 rings (SSSR count). The van der Waals surface area contributed by atoms with E-state index >= 15 is 0 Å². The first kappa shape index (κ1) is 9.44. The minimum Gasteiger partial charge on any atom is -0.396 e. The van der Waals surface area contributed by atoms with Crippen LogP contribution in [0.4, 0.5) is 0 Å². The molecule has 58 valence electrons. The van der Waals surface area contributed by atoms with Crippen LogP contribution in [0.1, 0.15) is 6.42 Å². The molecule has 3 heteroatoms. The molecule has 0 saturated heterocycles. The van der Waals surface area contributed by atoms with Gasteiger partial charge in [-0.05, 0) is 6.42 Å². The predicted octanol–water partition coefficient (Wildman–Crippen LogP) is -0.619. The standard InChI is InChI=1S/C7H12O3/c8-4-1-2-6-10-7-3-5-9/h8-9H,3-7H2. The Morgan fingerprint density at radius 1 is 1.20 bits per heavy atom. The fourth-order valence-corrected chi connectivity index (χ4v) is 0.397. The van der Waals surface area contributed by atoms with Gasteiger partial charge in [-0.2, -0.15) is 0 Å². The van der Waals surface area contributed by atoms with E-state index < -0.39 is 0 Å². The van der Waals surface area contributed by atoms with Gasteiger partial charge >= 0.3 is 0 Å². The van der Waals surface area contributed by atoms with Crippen molar-refractivity contribution in [2.75, 3.05) is 26.4 Å². The highest BCUT2D eigenvalue weighted by atomic mass is 16.5. The van der Waals surface area contributed by atoms with E-state index in [0.29, 0.717) is 19.6 Å². The van der Waals surface area contributed by atoms with Crippen molar-refractivity contribution >= 4 is 0 Å². The van der Waals surface area contributed by atoms with E-state index in [1.807, 2.05) is 0 Å². The summed E-state index contributed by atoms with van der Waals surface area (Å²) in [6.07, 6.45) is 0.640. The SMILES string of the molecule is OCC#CCOCCCO. The quantitative estimate of drug-likeness (QED) is 0.408. The van der Waals surface area contributed by atoms with Crippen molar-refractivity contribution < 1.29 is 14.9 Å². The van der Waals surface area contributed by atoms with Gasteiger partial charge in [0.1, 0.15) is 13.2 Å². The molecule has 0 aromatic carbocycles. The van der Waals surface area contributed by atoms with E-state index in [4.69, 9.17) is 14.9 Å². The van der Waals surface area contributed by atoms with Crippen molar-refractivity contribution in [2.45, 2.75) is 6.42 Å². The Hall–Kier alpha value is -0.560. The zero-order valence-electron chi connectivity index (χ0n) is 5.84. The Labute approximate surface area is 60.6 Å². The smallest absolute Gasteiger partial charge is 0.107 e. The van der Waals surface area contributed by atoms with E-state index in [9.17, 15) is 0 Å². The Bertz CT molecular complexity index is 112. The first-order chi connectivity index (χ1) is 4.91. The summed E-state index contributed by atoms with van der Waals surface area (Å²) in [6.45, 7) is 0.883. The van der Waals surface area contributed by atoms with Crippen LogP contribution in [0.3, 0.4) is 0 Å². The maximum Gasteiger partial charge on any atom is 0.107 e. The zero-order valence-corrected chi connectivity index (χ0v) is 5.84. The van der Waals surface area contributed by atoms with Gasteiger partial charge < -0.3 is 14.9 Å². The molecular formula is C7H12O3. The van der Waals surface area contributed by atoms with E-state index in [-0.39, 0.29) is 13.2 Å². The molecule has 0 aliphatic heterocycles. The summed E-state index contributed by atoms with van der Waals surface area (Å²) >= 11 is 0. The van der Waals surface area contributed by atoms with Crippen LogP contribution in [0, 0.1) is 11.8 Å². The van der Waals surface area contributed by atoms with Crippen LogP contribution in [0.15, 0.2) is 0 Å². The fraction of sp³-hybridized carbons (Fsp3) is 0.714. The molecule has 0 amide bonds. The molecule has 3 nitrogen and oxygen atoms in total. The molecule has 0 fully saturated rings. The van der Waals surface area contributed by atoms with Crippen LogP contribution in [0.5, 0.6) is 0 Å². The molecule has 0 heterocycles. The third-order valence-corrected chi connectivity index (χ3v) is 0.825. The van der Waals surface area contributed by atoms with Gasteiger partial charge in [-0.15, -0.1) is 0 Å². The average molecular weight is 144 g/mol. The molecule has 0 aliphatic carbocycles. The Morgan fingerprint density at radius 2 is 2.00 bits per heavy atom. The van der Waals surface area contributed by atoms with Crippen LogP contribution in [0.2, 0.25) is 0 Å². The maximum atomic E-state index is 8.31. The molecule has 10 heavy (non-hydrogen) atoms. The second kappa shape index (κ2) is 8.44. The lowest BCUT2D eigenvalue weighted by atomic mass is 10.5. The van der Waals surface area contributed by atoms with Crippen LogP contribution in [0.25, 0.3) is 0 Å². The summed E-state index contributed by atoms with van der Waals surface area (Å²) in [4.78, 5) is 0. The summed E-state index contributed by atoms with van der Waals surface area (Å²) in [5, 5.41) is 16.5. The minimum absolute atomic E-state index is 0.122. The van der Waals surface area contributed by atoms with E-state index in [0.717, 1.165) is 0 Å². The number of ether oxygens (including phenoxy) is 1. The average Bonchev–Trinajstić information content (AvgIpc) is 1.97. The van der Waals surface area contributed by atoms with Crippen molar-refractivity contribution in [1.29, 1.82) is 0 Å². The molecule has 0 saturated carbocycles. The molecule has 0 aromatic rings. The number of hydrogen-bond acceptors (Lipinski definition) is 3. The first-order valence-corrected chi connectivity index (χ1v) is 3.17. The third kappa shape index (κ3) is 7.44. The molecule has 2 N–H and O–H groups in total. The molecule has 0 radical (unpaired) electrons. The Balaban J connectivity index is 2.90. The topological polar surface area (TPSA) is 49.7 Å². The van der Waals surface area contributed by atoms with E-state index in [1.165, 1.54) is 0 Å². The molecule has 0 bridgehead atoms. The van der Waals surface area contributed by atoms with Gasteiger partial charge in [0.15, 0.2) is 0 Å². The fourth-order valence-electron chi connectivity index (χ4n) is 0.397. The number of rotatable bonds is 4. The largest absolute Gasteiger partial charge is 0.396 e. The van der Waals surface area contributed by atoms with Crippen LogP contribution in [-0.2, 0) is 4.74 Å². The van der Waals surface area contributed by atoms with Crippen LogP contribution in [-0.4, -0.2) is 36.6 Å². The van der Waals surface area contributed by atoms with E-state index in [1.54, 1.807) is 0 Å². The first-order valence-electron chi connectivity index (χ1n) is 3.17. The molecular weight excluding hydrogens is 132 g/mol. The van der Waals surface area contributed by atoms with Crippen molar-refractivity contribution in [2.24, 2.45) is 0 Å². The molecule has 0 spiro atoms. The highest BCUT2D eigenvalue weighted by Gasteiger charge is 1.81. The van der Waals surface area contributed by atoms with Gasteiger partial charge in [0.05, 0.1) is 6.61 Å². The van der Waals surface area contributed by atoms with E-state index in [2.05, 4.69) is 11.8 Å². The summed E-state index contributed by atoms with van der Waals surface area (Å²) in [5.41, 5.74) is 0. The normalized spacial score (nSPS) is 8.60. The predicted molar refractivity (Wildman–Crippen MR) is 37.4 cm³/mol. The summed E-state index contributed by atoms with van der Waals surface area (Å²) in [5.74, 6) is 5.03. The highest BCUT2D eigenvalue weighted by Crippen LogP contribution is 1.78. The summed E-state index contributed by atoms with van der Waals surface area (Å²) < 4.78 is 4.93. The van der Waals surface area contributed by atoms with Gasteiger partial charge in [0.2, 0.25) is 0 Å². The second-order valence-electron chi connectivity index (χ2n) is 1.64. The lowest BCUT2D eigenvalue weighted by molar-refractivity contribution is 0.142. The van der Waals surface area contributed by atoms with Gasteiger partial charge in [0, 0.05) is 6.61 Å². The monoisotopic (exact) mass is 144 g/mol. The number of hydrogen-bond donors (Lipinski definition) is 2. The summed E-state index contributed by atoms with van der Waals surface area (Å²) in [6, 6.07) is 0. The van der Waals surface area contributed by atoms with Crippen molar-refractivity contribution in [3.05, 3.63) is 0 Å². The second-order valence-corrected chi connectivity index (χ2v) is 1.64. The number of aliphatic hydroxyl groups is 2. The van der Waals surface area contributed by atoms with Gasteiger partial charge in [0.25, 0.3) is 0 Å². The number of aliphatic hydroxyl groups excluding tert-OH is 2. The highest BCUT2D eigenvalue weighted by molar-refractivity contribution is 4.98. The van der Waals surface area contributed by atoms with Crippen molar-refractivity contribution in [3.8, 4) is 11.8 Å². The molecule has 0 aromatic heterocycles. The maximum absolute atomic E-state index is 8.31. The van der Waals surface area contributed by atoms with Crippen molar-refractivity contribution in [1.82, 2.24) is 0 Å². The Morgan fingerprint density at radius 3 is 2.60 bits per heavy atom. The molecule has 0 unspecified atom stereocenters. The lowest BCUT2D eigenvalue weighted by Gasteiger charge is -1.94. The van der Waals surface area contributed by atoms with Gasteiger partial charge in [-0.1, -0.05) is 11.8 Å². The molecule has 0 atom stereocenters. The van der Waals surface area contributed by atoms with Gasteiger partial charge in [-0.25, -0.2) is 0 Å². The minimum atomic E-state index is -0.122. The van der Waals surface area contributed by atoms with Crippen LogP contribution >= 0.6 is 0 Å². The van der Waals surface area contributed by atoms with Gasteiger partial charge in [-0.3, -0.25) is 0 Å². The van der Waals surface area contributed by atoms with Crippen molar-refractivity contribution in [3.63, 3.8) is 0 Å². The lowest BCUT2D eigenvalue weighted by Crippen LogP contribution is -1.97. The van der Waals surface area contributed by atoms with Crippen LogP contribution < -0.4 is 0 Å². The molecule has 0 aliphatic rings. The zero-order chi connectivity index (χ0) is 7.66.